The lowest BCUT2D eigenvalue weighted by Crippen LogP contribution is -2.29. The summed E-state index contributed by atoms with van der Waals surface area (Å²) in [6.07, 6.45) is 1.13. The number of halogens is 1. The van der Waals surface area contributed by atoms with Gasteiger partial charge in [0.1, 0.15) is 17.2 Å². The van der Waals surface area contributed by atoms with Crippen molar-refractivity contribution in [2.75, 3.05) is 21.3 Å². The molecule has 1 unspecified atom stereocenters. The van der Waals surface area contributed by atoms with Crippen LogP contribution in [-0.2, 0) is 27.4 Å². The molecule has 1 atom stereocenters. The monoisotopic (exact) mass is 538 g/mol. The summed E-state index contributed by atoms with van der Waals surface area (Å²) in [7, 11) is 4.18. The predicted molar refractivity (Wildman–Crippen MR) is 136 cm³/mol. The number of nitrogens with one attached hydrogen (secondary N) is 2. The zero-order valence-corrected chi connectivity index (χ0v) is 21.8. The van der Waals surface area contributed by atoms with Crippen LogP contribution in [0.15, 0.2) is 46.5 Å². The molecule has 3 heterocycles. The lowest BCUT2D eigenvalue weighted by molar-refractivity contribution is -0.167. The van der Waals surface area contributed by atoms with E-state index in [-0.39, 0.29) is 35.9 Å². The number of hydroxylamine groups is 2. The molecule has 0 fully saturated rings. The number of aryl methyl sites for hydroxylation is 1. The highest BCUT2D eigenvalue weighted by Crippen LogP contribution is 2.29. The first-order chi connectivity index (χ1) is 18.7. The van der Waals surface area contributed by atoms with Gasteiger partial charge in [-0.25, -0.2) is 19.4 Å². The van der Waals surface area contributed by atoms with E-state index in [1.165, 1.54) is 45.7 Å². The van der Waals surface area contributed by atoms with Crippen LogP contribution in [0.5, 0.6) is 5.75 Å². The van der Waals surface area contributed by atoms with E-state index in [0.717, 1.165) is 5.06 Å². The summed E-state index contributed by atoms with van der Waals surface area (Å²) in [5.74, 6) is -0.882. The summed E-state index contributed by atoms with van der Waals surface area (Å²) in [6.45, 7) is 1.79. The Balaban J connectivity index is 1.45. The topological polar surface area (TPSA) is 148 Å². The minimum Gasteiger partial charge on any atom is -0.494 e. The number of carbonyl (C=O) groups is 2. The van der Waals surface area contributed by atoms with Crippen LogP contribution >= 0.6 is 0 Å². The first-order valence-electron chi connectivity index (χ1n) is 11.9. The van der Waals surface area contributed by atoms with Crippen molar-refractivity contribution in [2.45, 2.75) is 32.4 Å². The molecule has 1 aromatic carbocycles. The number of pyridine rings is 1. The van der Waals surface area contributed by atoms with E-state index in [1.54, 1.807) is 19.1 Å². The van der Waals surface area contributed by atoms with Crippen LogP contribution < -0.4 is 15.6 Å². The Morgan fingerprint density at radius 3 is 2.77 bits per heavy atom. The third-order valence-corrected chi connectivity index (χ3v) is 6.04. The summed E-state index contributed by atoms with van der Waals surface area (Å²) in [4.78, 5) is 58.9. The maximum atomic E-state index is 13.7. The number of hydrogen-bond donors (Lipinski definition) is 2. The zero-order valence-electron chi connectivity index (χ0n) is 21.8. The van der Waals surface area contributed by atoms with E-state index >= 15 is 0 Å². The SMILES string of the molecule is COc1cc(CNC(=O)c2cc(C3=NOC(c4c[nH]c(=O)c(CC(=O)N(C)OC)c4)C3)nc(C)n2)ccc1F. The van der Waals surface area contributed by atoms with Crippen molar-refractivity contribution < 1.29 is 28.4 Å². The first-order valence-corrected chi connectivity index (χ1v) is 11.9. The van der Waals surface area contributed by atoms with Crippen LogP contribution in [-0.4, -0.2) is 58.8 Å². The van der Waals surface area contributed by atoms with E-state index in [1.807, 2.05) is 0 Å². The molecule has 2 aromatic heterocycles. The molecule has 0 aliphatic carbocycles. The second kappa shape index (κ2) is 11.8. The smallest absolute Gasteiger partial charge is 0.270 e. The van der Waals surface area contributed by atoms with Gasteiger partial charge in [-0.05, 0) is 36.8 Å². The molecule has 1 aliphatic rings. The zero-order chi connectivity index (χ0) is 28.1. The van der Waals surface area contributed by atoms with Crippen LogP contribution in [0.3, 0.4) is 0 Å². The molecular weight excluding hydrogens is 511 g/mol. The number of ether oxygens (including phenoxy) is 1. The number of likely N-dealkylation sites (N-methyl/N-ethyl adjacent to an activating group) is 1. The van der Waals surface area contributed by atoms with Crippen LogP contribution in [0.4, 0.5) is 4.39 Å². The minimum atomic E-state index is -0.535. The van der Waals surface area contributed by atoms with E-state index in [0.29, 0.717) is 34.8 Å². The highest BCUT2D eigenvalue weighted by molar-refractivity contribution is 6.02. The van der Waals surface area contributed by atoms with Crippen LogP contribution in [0.2, 0.25) is 0 Å². The molecule has 204 valence electrons. The Labute approximate surface area is 222 Å². The molecule has 39 heavy (non-hydrogen) atoms. The molecule has 2 N–H and O–H groups in total. The first kappa shape index (κ1) is 27.4. The number of amides is 2. The van der Waals surface area contributed by atoms with Gasteiger partial charge in [-0.1, -0.05) is 11.2 Å². The highest BCUT2D eigenvalue weighted by atomic mass is 19.1. The fourth-order valence-electron chi connectivity index (χ4n) is 3.87. The number of hydrogen-bond acceptors (Lipinski definition) is 9. The number of methoxy groups -OCH3 is 1. The van der Waals surface area contributed by atoms with Gasteiger partial charge in [0.15, 0.2) is 17.7 Å². The van der Waals surface area contributed by atoms with Gasteiger partial charge in [0.25, 0.3) is 11.5 Å². The number of rotatable bonds is 9. The Morgan fingerprint density at radius 2 is 2.03 bits per heavy atom. The molecule has 0 saturated carbocycles. The largest absolute Gasteiger partial charge is 0.494 e. The van der Waals surface area contributed by atoms with Gasteiger partial charge in [-0.2, -0.15) is 0 Å². The van der Waals surface area contributed by atoms with Gasteiger partial charge in [-0.3, -0.25) is 19.2 Å². The van der Waals surface area contributed by atoms with Gasteiger partial charge in [0.05, 0.1) is 26.3 Å². The Hall–Kier alpha value is -4.65. The number of aromatic amines is 1. The molecule has 0 spiro atoms. The third-order valence-electron chi connectivity index (χ3n) is 6.04. The molecular formula is C26H27FN6O6. The molecule has 1 aliphatic heterocycles. The van der Waals surface area contributed by atoms with Crippen molar-refractivity contribution in [3.05, 3.63) is 86.6 Å². The summed E-state index contributed by atoms with van der Waals surface area (Å²) in [5, 5.41) is 7.93. The predicted octanol–water partition coefficient (Wildman–Crippen LogP) is 1.98. The van der Waals surface area contributed by atoms with Crippen molar-refractivity contribution >= 4 is 17.5 Å². The molecule has 0 radical (unpaired) electrons. The number of oxime groups is 1. The fourth-order valence-corrected chi connectivity index (χ4v) is 3.87. The van der Waals surface area contributed by atoms with E-state index in [4.69, 9.17) is 14.4 Å². The Bertz CT molecular complexity index is 1490. The molecule has 4 rings (SSSR count). The molecule has 2 amide bonds. The number of aromatic nitrogens is 3. The van der Waals surface area contributed by atoms with E-state index in [2.05, 4.69) is 25.4 Å². The summed E-state index contributed by atoms with van der Waals surface area (Å²) >= 11 is 0. The maximum absolute atomic E-state index is 13.7. The van der Waals surface area contributed by atoms with Gasteiger partial charge < -0.3 is 19.9 Å². The molecule has 0 saturated heterocycles. The lowest BCUT2D eigenvalue weighted by atomic mass is 10.0. The summed E-state index contributed by atoms with van der Waals surface area (Å²) in [5.41, 5.74) is 2.18. The lowest BCUT2D eigenvalue weighted by Gasteiger charge is -2.14. The van der Waals surface area contributed by atoms with Crippen LogP contribution in [0.25, 0.3) is 0 Å². The molecule has 12 nitrogen and oxygen atoms in total. The van der Waals surface area contributed by atoms with E-state index in [9.17, 15) is 18.8 Å². The van der Waals surface area contributed by atoms with Gasteiger partial charge in [0, 0.05) is 37.3 Å². The normalized spacial score (nSPS) is 14.4. The van der Waals surface area contributed by atoms with Crippen molar-refractivity contribution in [3.8, 4) is 5.75 Å². The quantitative estimate of drug-likeness (QED) is 0.393. The van der Waals surface area contributed by atoms with Gasteiger partial charge in [0.2, 0.25) is 5.91 Å². The second-order valence-corrected chi connectivity index (χ2v) is 8.71. The van der Waals surface area contributed by atoms with Gasteiger partial charge >= 0.3 is 0 Å². The van der Waals surface area contributed by atoms with Crippen LogP contribution in [0, 0.1) is 12.7 Å². The Kier molecular flexibility index (Phi) is 8.30. The fraction of sp³-hybridized carbons (Fsp3) is 0.308. The minimum absolute atomic E-state index is 0.0826. The molecule has 0 bridgehead atoms. The van der Waals surface area contributed by atoms with Crippen molar-refractivity contribution in [3.63, 3.8) is 0 Å². The highest BCUT2D eigenvalue weighted by Gasteiger charge is 2.27. The molecule has 13 heteroatoms. The average molecular weight is 539 g/mol. The number of carbonyl (C=O) groups excluding carboxylic acids is 2. The number of H-pyrrole nitrogens is 1. The van der Waals surface area contributed by atoms with Crippen molar-refractivity contribution in [1.82, 2.24) is 25.3 Å². The van der Waals surface area contributed by atoms with Crippen molar-refractivity contribution in [1.29, 1.82) is 0 Å². The maximum Gasteiger partial charge on any atom is 0.270 e. The summed E-state index contributed by atoms with van der Waals surface area (Å²) < 4.78 is 18.6. The van der Waals surface area contributed by atoms with Gasteiger partial charge in [-0.15, -0.1) is 0 Å². The third kappa shape index (κ3) is 6.44. The number of nitrogens with zero attached hydrogens (tertiary/aromatic N) is 4. The molecule has 3 aromatic rings. The average Bonchev–Trinajstić information content (AvgIpc) is 3.43. The Morgan fingerprint density at radius 1 is 1.23 bits per heavy atom. The standard InChI is InChI=1S/C26H27FN6O6/c1-14-30-19(10-21(31-14)26(36)28-12-15-5-6-18(27)23(7-15)37-3)20-11-22(39-32-20)17-8-16(25(35)29-13-17)9-24(34)33(2)38-4/h5-8,10,13,22H,9,11-12H2,1-4H3,(H,28,36)(H,29,35). The second-order valence-electron chi connectivity index (χ2n) is 8.71. The van der Waals surface area contributed by atoms with Crippen LogP contribution in [0.1, 0.15) is 51.2 Å². The number of benzene rings is 1. The van der Waals surface area contributed by atoms with Crippen molar-refractivity contribution in [2.24, 2.45) is 5.16 Å². The summed E-state index contributed by atoms with van der Waals surface area (Å²) in [6, 6.07) is 7.43. The van der Waals surface area contributed by atoms with E-state index < -0.39 is 23.4 Å².